The van der Waals surface area contributed by atoms with Gasteiger partial charge in [-0.15, -0.1) is 10.2 Å². The van der Waals surface area contributed by atoms with Crippen molar-refractivity contribution in [2.75, 3.05) is 38.1 Å². The molecule has 2 aliphatic rings. The van der Waals surface area contributed by atoms with E-state index in [2.05, 4.69) is 54.0 Å². The molecule has 0 amide bonds. The molecule has 3 aromatic rings. The van der Waals surface area contributed by atoms with Gasteiger partial charge in [-0.25, -0.2) is 4.98 Å². The van der Waals surface area contributed by atoms with Crippen molar-refractivity contribution in [2.24, 2.45) is 0 Å². The summed E-state index contributed by atoms with van der Waals surface area (Å²) in [5.74, 6) is 3.53. The van der Waals surface area contributed by atoms with Crippen LogP contribution in [0, 0.1) is 0 Å². The van der Waals surface area contributed by atoms with Crippen molar-refractivity contribution in [2.45, 2.75) is 31.8 Å². The third kappa shape index (κ3) is 4.18. The van der Waals surface area contributed by atoms with Crippen LogP contribution >= 0.6 is 11.6 Å². The highest BCUT2D eigenvalue weighted by atomic mass is 35.5. The largest absolute Gasteiger partial charge is 0.357 e. The Labute approximate surface area is 188 Å². The molecule has 31 heavy (non-hydrogen) atoms. The van der Waals surface area contributed by atoms with E-state index in [-0.39, 0.29) is 0 Å². The van der Waals surface area contributed by atoms with Gasteiger partial charge >= 0.3 is 0 Å². The highest BCUT2D eigenvalue weighted by Crippen LogP contribution is 2.34. The summed E-state index contributed by atoms with van der Waals surface area (Å²) < 4.78 is 2.30. The maximum Gasteiger partial charge on any atom is 0.151 e. The Kier molecular flexibility index (Phi) is 5.89. The molecule has 0 spiro atoms. The van der Waals surface area contributed by atoms with Gasteiger partial charge < -0.3 is 10.2 Å². The number of anilines is 1. The van der Waals surface area contributed by atoms with E-state index in [0.717, 1.165) is 74.6 Å². The zero-order valence-electron chi connectivity index (χ0n) is 17.8. The number of rotatable bonds is 5. The van der Waals surface area contributed by atoms with Crippen LogP contribution < -0.4 is 10.2 Å². The Hall–Kier alpha value is -2.48. The van der Waals surface area contributed by atoms with Gasteiger partial charge in [0, 0.05) is 49.9 Å². The van der Waals surface area contributed by atoms with E-state index in [1.165, 1.54) is 11.3 Å². The number of likely N-dealkylation sites (N-methyl/N-ethyl adjacent to an activating group) is 1. The fourth-order valence-corrected chi connectivity index (χ4v) is 4.89. The molecule has 8 heteroatoms. The number of nitrogens with one attached hydrogen (secondary N) is 1. The Morgan fingerprint density at radius 2 is 1.97 bits per heavy atom. The van der Waals surface area contributed by atoms with E-state index < -0.39 is 0 Å². The smallest absolute Gasteiger partial charge is 0.151 e. The van der Waals surface area contributed by atoms with E-state index in [1.54, 1.807) is 0 Å². The average Bonchev–Trinajstić information content (AvgIpc) is 3.14. The molecule has 7 nitrogen and oxygen atoms in total. The first kappa shape index (κ1) is 20.4. The normalized spacial score (nSPS) is 17.3. The van der Waals surface area contributed by atoms with Crippen LogP contribution in [0.4, 0.5) is 5.82 Å². The molecule has 2 aromatic heterocycles. The molecule has 162 valence electrons. The molecule has 0 atom stereocenters. The SMILES string of the molecule is CNCCN1Cc2cc(Cl)ccc2-n2c(nnc2C2CCN(c3ccccn3)CC2)C1. The van der Waals surface area contributed by atoms with Crippen LogP contribution in [-0.2, 0) is 13.1 Å². The third-order valence-electron chi connectivity index (χ3n) is 6.31. The molecule has 5 rings (SSSR count). The van der Waals surface area contributed by atoms with Crippen LogP contribution in [0.5, 0.6) is 0 Å². The Bertz CT molecular complexity index is 1030. The minimum absolute atomic E-state index is 0.383. The standard InChI is InChI=1S/C23H28ClN7/c1-25-10-13-29-15-18-14-19(24)5-6-20(18)31-22(16-29)27-28-23(31)17-7-11-30(12-8-17)21-4-2-3-9-26-21/h2-6,9,14,17,25H,7-8,10-13,15-16H2,1H3. The van der Waals surface area contributed by atoms with Crippen molar-refractivity contribution in [1.82, 2.24) is 30.0 Å². The van der Waals surface area contributed by atoms with E-state index in [4.69, 9.17) is 16.7 Å². The van der Waals surface area contributed by atoms with Crippen LogP contribution in [0.2, 0.25) is 5.02 Å². The van der Waals surface area contributed by atoms with Gasteiger partial charge in [0.2, 0.25) is 0 Å². The van der Waals surface area contributed by atoms with Gasteiger partial charge in [-0.05, 0) is 55.8 Å². The highest BCUT2D eigenvalue weighted by molar-refractivity contribution is 6.30. The van der Waals surface area contributed by atoms with Gasteiger partial charge in [-0.3, -0.25) is 9.47 Å². The molecule has 0 bridgehead atoms. The van der Waals surface area contributed by atoms with Gasteiger partial charge in [0.25, 0.3) is 0 Å². The van der Waals surface area contributed by atoms with Gasteiger partial charge in [0.05, 0.1) is 12.2 Å². The molecule has 4 heterocycles. The lowest BCUT2D eigenvalue weighted by Crippen LogP contribution is -2.34. The van der Waals surface area contributed by atoms with Crippen molar-refractivity contribution in [3.63, 3.8) is 0 Å². The number of piperidine rings is 1. The maximum atomic E-state index is 6.36. The second-order valence-electron chi connectivity index (χ2n) is 8.35. The van der Waals surface area contributed by atoms with Crippen LogP contribution in [0.3, 0.4) is 0 Å². The lowest BCUT2D eigenvalue weighted by molar-refractivity contribution is 0.256. The quantitative estimate of drug-likeness (QED) is 0.661. The Morgan fingerprint density at radius 3 is 2.74 bits per heavy atom. The van der Waals surface area contributed by atoms with Crippen LogP contribution in [0.25, 0.3) is 5.69 Å². The third-order valence-corrected chi connectivity index (χ3v) is 6.54. The molecule has 2 aliphatic heterocycles. The molecule has 1 aromatic carbocycles. The summed E-state index contributed by atoms with van der Waals surface area (Å²) in [6.07, 6.45) is 3.95. The number of nitrogens with zero attached hydrogens (tertiary/aromatic N) is 6. The molecule has 0 saturated carbocycles. The van der Waals surface area contributed by atoms with Gasteiger partial charge in [-0.2, -0.15) is 0 Å². The average molecular weight is 438 g/mol. The number of fused-ring (bicyclic) bond motifs is 3. The monoisotopic (exact) mass is 437 g/mol. The van der Waals surface area contributed by atoms with Gasteiger partial charge in [0.15, 0.2) is 5.82 Å². The van der Waals surface area contributed by atoms with Gasteiger partial charge in [-0.1, -0.05) is 17.7 Å². The fourth-order valence-electron chi connectivity index (χ4n) is 4.69. The van der Waals surface area contributed by atoms with E-state index >= 15 is 0 Å². The van der Waals surface area contributed by atoms with Crippen LogP contribution in [-0.4, -0.2) is 57.9 Å². The van der Waals surface area contributed by atoms with Crippen molar-refractivity contribution in [1.29, 1.82) is 0 Å². The first-order valence-electron chi connectivity index (χ1n) is 11.0. The number of aromatic nitrogens is 4. The second-order valence-corrected chi connectivity index (χ2v) is 8.78. The summed E-state index contributed by atoms with van der Waals surface area (Å²) in [7, 11) is 1.99. The molecule has 1 N–H and O–H groups in total. The summed E-state index contributed by atoms with van der Waals surface area (Å²) in [6.45, 7) is 5.49. The van der Waals surface area contributed by atoms with E-state index in [9.17, 15) is 0 Å². The zero-order chi connectivity index (χ0) is 21.2. The minimum atomic E-state index is 0.383. The Balaban J connectivity index is 1.43. The van der Waals surface area contributed by atoms with Crippen LogP contribution in [0.1, 0.15) is 36.0 Å². The van der Waals surface area contributed by atoms with Gasteiger partial charge in [0.1, 0.15) is 11.6 Å². The summed E-state index contributed by atoms with van der Waals surface area (Å²) in [5, 5.41) is 13.4. The summed E-state index contributed by atoms with van der Waals surface area (Å²) in [5.41, 5.74) is 2.40. The first-order valence-corrected chi connectivity index (χ1v) is 11.4. The van der Waals surface area contributed by atoms with E-state index in [0.29, 0.717) is 5.92 Å². The first-order chi connectivity index (χ1) is 15.2. The number of halogens is 1. The lowest BCUT2D eigenvalue weighted by atomic mass is 9.95. The Morgan fingerprint density at radius 1 is 1.10 bits per heavy atom. The number of benzene rings is 1. The number of pyridine rings is 1. The van der Waals surface area contributed by atoms with Crippen molar-refractivity contribution in [3.8, 4) is 5.69 Å². The molecule has 1 fully saturated rings. The van der Waals surface area contributed by atoms with E-state index in [1.807, 2.05) is 25.4 Å². The predicted molar refractivity (Wildman–Crippen MR) is 123 cm³/mol. The molecule has 0 unspecified atom stereocenters. The molecule has 0 aliphatic carbocycles. The topological polar surface area (TPSA) is 62.1 Å². The highest BCUT2D eigenvalue weighted by Gasteiger charge is 2.30. The second kappa shape index (κ2) is 8.94. The molecular formula is C23H28ClN7. The lowest BCUT2D eigenvalue weighted by Gasteiger charge is -2.32. The van der Waals surface area contributed by atoms with Crippen LogP contribution in [0.15, 0.2) is 42.6 Å². The molecule has 1 saturated heterocycles. The summed E-state index contributed by atoms with van der Waals surface area (Å²) in [6, 6.07) is 12.3. The van der Waals surface area contributed by atoms with Crippen molar-refractivity contribution in [3.05, 3.63) is 64.8 Å². The number of hydrogen-bond acceptors (Lipinski definition) is 6. The fraction of sp³-hybridized carbons (Fsp3) is 0.435. The van der Waals surface area contributed by atoms with Crippen molar-refractivity contribution >= 4 is 17.4 Å². The van der Waals surface area contributed by atoms with Crippen molar-refractivity contribution < 1.29 is 0 Å². The summed E-state index contributed by atoms with van der Waals surface area (Å²) in [4.78, 5) is 9.29. The summed E-state index contributed by atoms with van der Waals surface area (Å²) >= 11 is 6.36. The maximum absolute atomic E-state index is 6.36. The number of hydrogen-bond donors (Lipinski definition) is 1. The molecular weight excluding hydrogens is 410 g/mol. The molecule has 0 radical (unpaired) electrons. The predicted octanol–water partition coefficient (Wildman–Crippen LogP) is 3.23. The minimum Gasteiger partial charge on any atom is -0.357 e. The zero-order valence-corrected chi connectivity index (χ0v) is 18.6.